The van der Waals surface area contributed by atoms with Crippen molar-refractivity contribution < 1.29 is 13.2 Å². The van der Waals surface area contributed by atoms with Crippen molar-refractivity contribution in [2.45, 2.75) is 37.3 Å². The highest BCUT2D eigenvalue weighted by molar-refractivity contribution is 5.43. The predicted octanol–water partition coefficient (Wildman–Crippen LogP) is 3.57. The van der Waals surface area contributed by atoms with E-state index in [-0.39, 0.29) is 18.4 Å². The third kappa shape index (κ3) is 3.18. The van der Waals surface area contributed by atoms with Crippen LogP contribution in [-0.2, 0) is 5.41 Å². The molecular formula is C16H21F3N2. The first kappa shape index (κ1) is 14.7. The number of rotatable bonds is 3. The van der Waals surface area contributed by atoms with E-state index < -0.39 is 12.1 Å². The average Bonchev–Trinajstić information content (AvgIpc) is 3.19. The Bertz CT molecular complexity index is 491. The standard InChI is InChI=1S/C16H21F3N2/c17-16(18,19)13-2-1-9-21(10-13)11-15(7-8-15)12-3-5-14(20)6-4-12/h3-6,13H,1-2,7-11,20H2. The van der Waals surface area contributed by atoms with Crippen LogP contribution in [0, 0.1) is 5.92 Å². The van der Waals surface area contributed by atoms with Gasteiger partial charge in [-0.15, -0.1) is 0 Å². The lowest BCUT2D eigenvalue weighted by atomic mass is 9.92. The molecule has 2 nitrogen and oxygen atoms in total. The maximum atomic E-state index is 12.9. The van der Waals surface area contributed by atoms with Gasteiger partial charge in [0.15, 0.2) is 0 Å². The summed E-state index contributed by atoms with van der Waals surface area (Å²) >= 11 is 0. The molecule has 1 atom stereocenters. The van der Waals surface area contributed by atoms with Gasteiger partial charge in [-0.05, 0) is 49.9 Å². The van der Waals surface area contributed by atoms with Crippen LogP contribution in [0.5, 0.6) is 0 Å². The SMILES string of the molecule is Nc1ccc(C2(CN3CCCC(C(F)(F)F)C3)CC2)cc1. The van der Waals surface area contributed by atoms with E-state index >= 15 is 0 Å². The number of likely N-dealkylation sites (tertiary alicyclic amines) is 1. The molecule has 21 heavy (non-hydrogen) atoms. The van der Waals surface area contributed by atoms with Crippen LogP contribution >= 0.6 is 0 Å². The highest BCUT2D eigenvalue weighted by atomic mass is 19.4. The zero-order valence-corrected chi connectivity index (χ0v) is 12.0. The summed E-state index contributed by atoms with van der Waals surface area (Å²) in [5, 5.41) is 0. The Morgan fingerprint density at radius 1 is 1.19 bits per heavy atom. The van der Waals surface area contributed by atoms with Crippen molar-refractivity contribution in [3.05, 3.63) is 29.8 Å². The molecule has 0 bridgehead atoms. The summed E-state index contributed by atoms with van der Waals surface area (Å²) in [5.41, 5.74) is 7.70. The minimum Gasteiger partial charge on any atom is -0.399 e. The lowest BCUT2D eigenvalue weighted by Gasteiger charge is -2.36. The Morgan fingerprint density at radius 3 is 2.43 bits per heavy atom. The molecule has 116 valence electrons. The topological polar surface area (TPSA) is 29.3 Å². The van der Waals surface area contributed by atoms with Crippen LogP contribution in [0.4, 0.5) is 18.9 Å². The van der Waals surface area contributed by atoms with Gasteiger partial charge in [0.1, 0.15) is 0 Å². The molecule has 0 spiro atoms. The van der Waals surface area contributed by atoms with E-state index in [0.717, 1.165) is 31.6 Å². The van der Waals surface area contributed by atoms with E-state index in [4.69, 9.17) is 5.73 Å². The molecule has 2 N–H and O–H groups in total. The fraction of sp³-hybridized carbons (Fsp3) is 0.625. The maximum Gasteiger partial charge on any atom is 0.393 e. The molecule has 1 aliphatic carbocycles. The van der Waals surface area contributed by atoms with Crippen molar-refractivity contribution in [1.82, 2.24) is 4.90 Å². The van der Waals surface area contributed by atoms with Gasteiger partial charge < -0.3 is 10.6 Å². The van der Waals surface area contributed by atoms with Gasteiger partial charge in [0, 0.05) is 24.2 Å². The molecule has 0 amide bonds. The number of anilines is 1. The van der Waals surface area contributed by atoms with E-state index in [2.05, 4.69) is 0 Å². The summed E-state index contributed by atoms with van der Waals surface area (Å²) in [6, 6.07) is 7.80. The summed E-state index contributed by atoms with van der Waals surface area (Å²) in [4.78, 5) is 2.00. The molecule has 0 aromatic heterocycles. The lowest BCUT2D eigenvalue weighted by Crippen LogP contribution is -2.44. The number of nitrogens with two attached hydrogens (primary N) is 1. The van der Waals surface area contributed by atoms with E-state index in [1.807, 2.05) is 29.2 Å². The first-order valence-electron chi connectivity index (χ1n) is 7.54. The molecule has 2 aliphatic rings. The zero-order valence-electron chi connectivity index (χ0n) is 12.0. The molecular weight excluding hydrogens is 277 g/mol. The highest BCUT2D eigenvalue weighted by Gasteiger charge is 2.48. The highest BCUT2D eigenvalue weighted by Crippen LogP contribution is 2.49. The Kier molecular flexibility index (Phi) is 3.64. The van der Waals surface area contributed by atoms with Gasteiger partial charge in [-0.3, -0.25) is 0 Å². The van der Waals surface area contributed by atoms with Crippen LogP contribution in [0.3, 0.4) is 0 Å². The molecule has 1 saturated carbocycles. The minimum atomic E-state index is -4.06. The van der Waals surface area contributed by atoms with Gasteiger partial charge in [-0.2, -0.15) is 13.2 Å². The summed E-state index contributed by atoms with van der Waals surface area (Å²) in [5.74, 6) is -1.16. The largest absolute Gasteiger partial charge is 0.399 e. The zero-order chi connectivity index (χ0) is 15.1. The van der Waals surface area contributed by atoms with Crippen molar-refractivity contribution in [3.63, 3.8) is 0 Å². The lowest BCUT2D eigenvalue weighted by molar-refractivity contribution is -0.187. The number of benzene rings is 1. The Labute approximate surface area is 123 Å². The fourth-order valence-electron chi connectivity index (χ4n) is 3.42. The molecule has 1 aromatic carbocycles. The number of halogens is 3. The van der Waals surface area contributed by atoms with Gasteiger partial charge in [0.2, 0.25) is 0 Å². The molecule has 1 aromatic rings. The molecule has 2 fully saturated rings. The van der Waals surface area contributed by atoms with Crippen molar-refractivity contribution in [2.24, 2.45) is 5.92 Å². The third-order valence-electron chi connectivity index (χ3n) is 4.87. The van der Waals surface area contributed by atoms with E-state index in [0.29, 0.717) is 6.42 Å². The Hall–Kier alpha value is -1.23. The molecule has 1 aliphatic heterocycles. The summed E-state index contributed by atoms with van der Waals surface area (Å²) in [6.07, 6.45) is -1.03. The smallest absolute Gasteiger partial charge is 0.393 e. The minimum absolute atomic E-state index is 0.0567. The van der Waals surface area contributed by atoms with Crippen molar-refractivity contribution in [1.29, 1.82) is 0 Å². The second-order valence-electron chi connectivity index (χ2n) is 6.52. The van der Waals surface area contributed by atoms with Crippen molar-refractivity contribution >= 4 is 5.69 Å². The number of piperidine rings is 1. The summed E-state index contributed by atoms with van der Waals surface area (Å²) in [6.45, 7) is 1.67. The monoisotopic (exact) mass is 298 g/mol. The number of alkyl halides is 3. The molecule has 3 rings (SSSR count). The predicted molar refractivity (Wildman–Crippen MR) is 77.0 cm³/mol. The van der Waals surface area contributed by atoms with Crippen LogP contribution in [-0.4, -0.2) is 30.7 Å². The second-order valence-corrected chi connectivity index (χ2v) is 6.52. The molecule has 5 heteroatoms. The maximum absolute atomic E-state index is 12.9. The van der Waals surface area contributed by atoms with Crippen molar-refractivity contribution in [3.8, 4) is 0 Å². The van der Waals surface area contributed by atoms with Crippen LogP contribution in [0.2, 0.25) is 0 Å². The first-order chi connectivity index (χ1) is 9.89. The summed E-state index contributed by atoms with van der Waals surface area (Å²) < 4.78 is 38.7. The first-order valence-corrected chi connectivity index (χ1v) is 7.54. The van der Waals surface area contributed by atoms with Crippen LogP contribution in [0.1, 0.15) is 31.2 Å². The van der Waals surface area contributed by atoms with Gasteiger partial charge in [-0.25, -0.2) is 0 Å². The summed E-state index contributed by atoms with van der Waals surface area (Å²) in [7, 11) is 0. The van der Waals surface area contributed by atoms with E-state index in [9.17, 15) is 13.2 Å². The molecule has 0 radical (unpaired) electrons. The van der Waals surface area contributed by atoms with E-state index in [1.165, 1.54) is 5.56 Å². The number of hydrogen-bond donors (Lipinski definition) is 1. The van der Waals surface area contributed by atoms with E-state index in [1.54, 1.807) is 0 Å². The molecule has 1 saturated heterocycles. The molecule has 1 unspecified atom stereocenters. The van der Waals surface area contributed by atoms with Crippen LogP contribution in [0.25, 0.3) is 0 Å². The number of hydrogen-bond acceptors (Lipinski definition) is 2. The van der Waals surface area contributed by atoms with Gasteiger partial charge in [0.05, 0.1) is 5.92 Å². The van der Waals surface area contributed by atoms with Gasteiger partial charge >= 0.3 is 6.18 Å². The average molecular weight is 298 g/mol. The Morgan fingerprint density at radius 2 is 1.86 bits per heavy atom. The van der Waals surface area contributed by atoms with Gasteiger partial charge in [0.25, 0.3) is 0 Å². The fourth-order valence-corrected chi connectivity index (χ4v) is 3.42. The second kappa shape index (κ2) is 5.20. The van der Waals surface area contributed by atoms with Crippen molar-refractivity contribution in [2.75, 3.05) is 25.4 Å². The Balaban J connectivity index is 1.67. The quantitative estimate of drug-likeness (QED) is 0.864. The number of nitrogens with zero attached hydrogens (tertiary/aromatic N) is 1. The normalized spacial score (nSPS) is 25.8. The molecule has 1 heterocycles. The number of nitrogen functional groups attached to an aromatic ring is 1. The van der Waals surface area contributed by atoms with Crippen LogP contribution in [0.15, 0.2) is 24.3 Å². The van der Waals surface area contributed by atoms with Crippen LogP contribution < -0.4 is 5.73 Å². The third-order valence-corrected chi connectivity index (χ3v) is 4.87. The van der Waals surface area contributed by atoms with Gasteiger partial charge in [-0.1, -0.05) is 12.1 Å².